The predicted molar refractivity (Wildman–Crippen MR) is 89.1 cm³/mol. The lowest BCUT2D eigenvalue weighted by molar-refractivity contribution is -0.131. The Bertz CT molecular complexity index is 821. The van der Waals surface area contributed by atoms with Gasteiger partial charge in [0.2, 0.25) is 5.91 Å². The third-order valence-electron chi connectivity index (χ3n) is 4.68. The van der Waals surface area contributed by atoms with Crippen molar-refractivity contribution in [3.8, 4) is 0 Å². The van der Waals surface area contributed by atoms with E-state index in [4.69, 9.17) is 0 Å². The molecule has 0 spiro atoms. The standard InChI is InChI=1S/C17H17N3O3S/c1-19-12-6-7-20(9-11(12)15(18-19)17(22)23)16(21)14-8-10-4-2-3-5-13(10)24-14/h2-5,14H,6-9H2,1H3,(H,22,23)/t14-/m1/s1. The Morgan fingerprint density at radius 2 is 2.12 bits per heavy atom. The van der Waals surface area contributed by atoms with Gasteiger partial charge in [0.1, 0.15) is 0 Å². The second-order valence-corrected chi connectivity index (χ2v) is 7.38. The van der Waals surface area contributed by atoms with E-state index >= 15 is 0 Å². The minimum atomic E-state index is -1.04. The van der Waals surface area contributed by atoms with Gasteiger partial charge in [0.15, 0.2) is 5.69 Å². The third-order valence-corrected chi connectivity index (χ3v) is 5.98. The molecule has 124 valence electrons. The molecule has 1 atom stereocenters. The number of rotatable bonds is 2. The quantitative estimate of drug-likeness (QED) is 0.899. The van der Waals surface area contributed by atoms with Crippen LogP contribution in [0.25, 0.3) is 0 Å². The lowest BCUT2D eigenvalue weighted by Crippen LogP contribution is -2.41. The first-order valence-corrected chi connectivity index (χ1v) is 8.74. The fraction of sp³-hybridized carbons (Fsp3) is 0.353. The number of aromatic nitrogens is 2. The Balaban J connectivity index is 1.55. The average molecular weight is 343 g/mol. The number of carboxylic acids is 1. The third kappa shape index (κ3) is 2.39. The second kappa shape index (κ2) is 5.66. The molecule has 2 aliphatic rings. The lowest BCUT2D eigenvalue weighted by Gasteiger charge is -2.29. The van der Waals surface area contributed by atoms with Crippen molar-refractivity contribution in [1.29, 1.82) is 0 Å². The van der Waals surface area contributed by atoms with E-state index in [-0.39, 0.29) is 16.9 Å². The van der Waals surface area contributed by atoms with Gasteiger partial charge in [-0.15, -0.1) is 11.8 Å². The maximum atomic E-state index is 12.9. The van der Waals surface area contributed by atoms with E-state index in [1.165, 1.54) is 10.5 Å². The van der Waals surface area contributed by atoms with Gasteiger partial charge in [-0.05, 0) is 18.1 Å². The van der Waals surface area contributed by atoms with Crippen molar-refractivity contribution in [1.82, 2.24) is 14.7 Å². The Hall–Kier alpha value is -2.28. The number of amides is 1. The summed E-state index contributed by atoms with van der Waals surface area (Å²) in [6.45, 7) is 0.939. The van der Waals surface area contributed by atoms with Gasteiger partial charge in [-0.25, -0.2) is 4.79 Å². The van der Waals surface area contributed by atoms with Crippen molar-refractivity contribution in [3.05, 3.63) is 46.8 Å². The summed E-state index contributed by atoms with van der Waals surface area (Å²) >= 11 is 1.61. The van der Waals surface area contributed by atoms with Crippen LogP contribution in [0.5, 0.6) is 0 Å². The summed E-state index contributed by atoms with van der Waals surface area (Å²) in [5.41, 5.74) is 2.86. The highest BCUT2D eigenvalue weighted by Crippen LogP contribution is 2.38. The number of carboxylic acid groups (broad SMARTS) is 1. The maximum absolute atomic E-state index is 12.9. The molecule has 0 bridgehead atoms. The topological polar surface area (TPSA) is 75.4 Å². The van der Waals surface area contributed by atoms with Crippen LogP contribution in [0.15, 0.2) is 29.2 Å². The number of aromatic carboxylic acids is 1. The summed E-state index contributed by atoms with van der Waals surface area (Å²) < 4.78 is 1.63. The average Bonchev–Trinajstić information content (AvgIpc) is 3.15. The van der Waals surface area contributed by atoms with E-state index in [1.54, 1.807) is 28.4 Å². The second-order valence-electron chi connectivity index (χ2n) is 6.13. The number of hydrogen-bond acceptors (Lipinski definition) is 4. The number of hydrogen-bond donors (Lipinski definition) is 1. The molecule has 0 fully saturated rings. The van der Waals surface area contributed by atoms with Crippen molar-refractivity contribution in [2.75, 3.05) is 6.54 Å². The van der Waals surface area contributed by atoms with Gasteiger partial charge in [-0.2, -0.15) is 5.10 Å². The highest BCUT2D eigenvalue weighted by atomic mass is 32.2. The number of fused-ring (bicyclic) bond motifs is 2. The molecule has 2 aromatic rings. The molecule has 1 aromatic heterocycles. The molecule has 7 heteroatoms. The summed E-state index contributed by atoms with van der Waals surface area (Å²) in [4.78, 5) is 27.2. The Morgan fingerprint density at radius 3 is 2.88 bits per heavy atom. The zero-order chi connectivity index (χ0) is 16.8. The zero-order valence-corrected chi connectivity index (χ0v) is 14.0. The van der Waals surface area contributed by atoms with E-state index in [2.05, 4.69) is 11.2 Å². The number of aryl methyl sites for hydroxylation is 1. The molecule has 24 heavy (non-hydrogen) atoms. The Kier molecular flexibility index (Phi) is 3.60. The normalized spacial score (nSPS) is 19.0. The van der Waals surface area contributed by atoms with Crippen molar-refractivity contribution < 1.29 is 14.7 Å². The fourth-order valence-electron chi connectivity index (χ4n) is 3.48. The van der Waals surface area contributed by atoms with Gasteiger partial charge in [-0.1, -0.05) is 18.2 Å². The van der Waals surface area contributed by atoms with Crippen LogP contribution < -0.4 is 0 Å². The summed E-state index contributed by atoms with van der Waals surface area (Å²) in [5, 5.41) is 13.3. The zero-order valence-electron chi connectivity index (χ0n) is 13.2. The molecule has 0 saturated heterocycles. The molecule has 0 aliphatic carbocycles. The SMILES string of the molecule is Cn1nc(C(=O)O)c2c1CCN(C(=O)[C@H]1Cc3ccccc3S1)C2. The number of benzene rings is 1. The number of carbonyl (C=O) groups is 2. The predicted octanol–water partition coefficient (Wildman–Crippen LogP) is 1.72. The van der Waals surface area contributed by atoms with Crippen molar-refractivity contribution in [2.24, 2.45) is 7.05 Å². The van der Waals surface area contributed by atoms with Crippen LogP contribution in [0.3, 0.4) is 0 Å². The van der Waals surface area contributed by atoms with Gasteiger partial charge in [0.25, 0.3) is 0 Å². The molecule has 0 radical (unpaired) electrons. The van der Waals surface area contributed by atoms with Crippen LogP contribution in [0, 0.1) is 0 Å². The molecule has 0 unspecified atom stereocenters. The molecule has 1 aromatic carbocycles. The first-order valence-electron chi connectivity index (χ1n) is 7.86. The minimum Gasteiger partial charge on any atom is -0.476 e. The smallest absolute Gasteiger partial charge is 0.356 e. The van der Waals surface area contributed by atoms with Crippen LogP contribution in [-0.4, -0.2) is 43.5 Å². The van der Waals surface area contributed by atoms with Gasteiger partial charge in [-0.3, -0.25) is 9.48 Å². The van der Waals surface area contributed by atoms with Crippen molar-refractivity contribution >= 4 is 23.6 Å². The molecule has 0 saturated carbocycles. The molecule has 6 nitrogen and oxygen atoms in total. The lowest BCUT2D eigenvalue weighted by atomic mass is 10.0. The van der Waals surface area contributed by atoms with Crippen molar-refractivity contribution in [2.45, 2.75) is 29.5 Å². The molecule has 1 N–H and O–H groups in total. The van der Waals surface area contributed by atoms with E-state index in [0.29, 0.717) is 25.1 Å². The summed E-state index contributed by atoms with van der Waals surface area (Å²) in [5.74, 6) is -0.953. The highest BCUT2D eigenvalue weighted by molar-refractivity contribution is 8.01. The molecular weight excluding hydrogens is 326 g/mol. The molecule has 1 amide bonds. The number of carbonyl (C=O) groups excluding carboxylic acids is 1. The number of thioether (sulfide) groups is 1. The first-order chi connectivity index (χ1) is 11.5. The summed E-state index contributed by atoms with van der Waals surface area (Å²) in [7, 11) is 1.76. The van der Waals surface area contributed by atoms with E-state index in [1.807, 2.05) is 18.2 Å². The van der Waals surface area contributed by atoms with Gasteiger partial charge in [0, 0.05) is 42.7 Å². The van der Waals surface area contributed by atoms with Crippen LogP contribution in [0.1, 0.15) is 27.3 Å². The monoisotopic (exact) mass is 343 g/mol. The molecule has 3 heterocycles. The van der Waals surface area contributed by atoms with Gasteiger partial charge in [0.05, 0.1) is 5.25 Å². The Morgan fingerprint density at radius 1 is 1.33 bits per heavy atom. The summed E-state index contributed by atoms with van der Waals surface area (Å²) in [6.07, 6.45) is 1.38. The molecular formula is C17H17N3O3S. The molecule has 2 aliphatic heterocycles. The fourth-order valence-corrected chi connectivity index (χ4v) is 4.75. The van der Waals surface area contributed by atoms with Crippen LogP contribution in [0.2, 0.25) is 0 Å². The van der Waals surface area contributed by atoms with E-state index < -0.39 is 5.97 Å². The Labute approximate surface area is 143 Å². The van der Waals surface area contributed by atoms with Crippen LogP contribution >= 0.6 is 11.8 Å². The van der Waals surface area contributed by atoms with Crippen LogP contribution in [-0.2, 0) is 31.2 Å². The van der Waals surface area contributed by atoms with Crippen LogP contribution in [0.4, 0.5) is 0 Å². The van der Waals surface area contributed by atoms with E-state index in [0.717, 1.165) is 12.1 Å². The molecule has 4 rings (SSSR count). The minimum absolute atomic E-state index is 0.0624. The number of nitrogens with zero attached hydrogens (tertiary/aromatic N) is 3. The van der Waals surface area contributed by atoms with E-state index in [9.17, 15) is 14.7 Å². The van der Waals surface area contributed by atoms with Gasteiger partial charge >= 0.3 is 5.97 Å². The highest BCUT2D eigenvalue weighted by Gasteiger charge is 2.35. The maximum Gasteiger partial charge on any atom is 0.356 e. The van der Waals surface area contributed by atoms with Gasteiger partial charge < -0.3 is 10.0 Å². The van der Waals surface area contributed by atoms with Crippen molar-refractivity contribution in [3.63, 3.8) is 0 Å². The largest absolute Gasteiger partial charge is 0.476 e. The first kappa shape index (κ1) is 15.3. The summed E-state index contributed by atoms with van der Waals surface area (Å²) in [6, 6.07) is 8.09.